The van der Waals surface area contributed by atoms with E-state index in [1.165, 1.54) is 18.0 Å². The summed E-state index contributed by atoms with van der Waals surface area (Å²) in [5, 5.41) is 9.16. The van der Waals surface area contributed by atoms with Crippen molar-refractivity contribution in [3.63, 3.8) is 0 Å². The Labute approximate surface area is 155 Å². The highest BCUT2D eigenvalue weighted by molar-refractivity contribution is 8.15. The van der Waals surface area contributed by atoms with Gasteiger partial charge in [0.25, 0.3) is 0 Å². The lowest BCUT2D eigenvalue weighted by molar-refractivity contribution is -0.125. The van der Waals surface area contributed by atoms with E-state index in [1.54, 1.807) is 29.4 Å². The van der Waals surface area contributed by atoms with Crippen LogP contribution >= 0.6 is 23.4 Å². The molecule has 1 aromatic heterocycles. The largest absolute Gasteiger partial charge is 0.463 e. The number of halogens is 1. The van der Waals surface area contributed by atoms with Crippen LogP contribution in [0.5, 0.6) is 0 Å². The van der Waals surface area contributed by atoms with Crippen LogP contribution < -0.4 is 0 Å². The zero-order valence-electron chi connectivity index (χ0n) is 13.3. The molecule has 25 heavy (non-hydrogen) atoms. The van der Waals surface area contributed by atoms with E-state index in [4.69, 9.17) is 16.0 Å². The molecule has 3 rings (SSSR count). The molecular formula is C18H16ClN3O2S. The molecule has 1 atom stereocenters. The number of benzene rings is 1. The van der Waals surface area contributed by atoms with E-state index < -0.39 is 0 Å². The SMILES string of the molecule is C=CCN1C(=O)C(Cc2cccc(Cl)c2)S/C1=N\N=C\c1ccco1. The second-order valence-electron chi connectivity index (χ2n) is 5.32. The fourth-order valence-electron chi connectivity index (χ4n) is 2.39. The summed E-state index contributed by atoms with van der Waals surface area (Å²) in [4.78, 5) is 14.2. The number of thioether (sulfide) groups is 1. The van der Waals surface area contributed by atoms with Gasteiger partial charge in [-0.1, -0.05) is 41.6 Å². The van der Waals surface area contributed by atoms with Crippen molar-refractivity contribution in [1.82, 2.24) is 4.90 Å². The maximum absolute atomic E-state index is 12.7. The Hall–Kier alpha value is -2.31. The molecule has 5 nitrogen and oxygen atoms in total. The third-order valence-electron chi connectivity index (χ3n) is 3.51. The normalized spacial score (nSPS) is 19.2. The first-order valence-corrected chi connectivity index (χ1v) is 8.91. The van der Waals surface area contributed by atoms with Crippen LogP contribution in [-0.2, 0) is 11.2 Å². The molecule has 1 saturated heterocycles. The minimum atomic E-state index is -0.254. The van der Waals surface area contributed by atoms with Gasteiger partial charge in [-0.25, -0.2) is 0 Å². The molecule has 0 spiro atoms. The van der Waals surface area contributed by atoms with Crippen molar-refractivity contribution in [2.45, 2.75) is 11.7 Å². The Bertz CT molecular complexity index is 817. The molecule has 1 aliphatic heterocycles. The van der Waals surface area contributed by atoms with E-state index in [0.29, 0.717) is 28.9 Å². The van der Waals surface area contributed by atoms with Gasteiger partial charge in [-0.05, 0) is 36.2 Å². The standard InChI is InChI=1S/C18H16ClN3O2S/c1-2-8-22-17(23)16(11-13-5-3-6-14(19)10-13)25-18(22)21-20-12-15-7-4-9-24-15/h2-7,9-10,12,16H,1,8,11H2/b20-12+,21-18-. The monoisotopic (exact) mass is 373 g/mol. The molecule has 0 radical (unpaired) electrons. The van der Waals surface area contributed by atoms with Crippen LogP contribution in [-0.4, -0.2) is 34.0 Å². The van der Waals surface area contributed by atoms with Crippen molar-refractivity contribution < 1.29 is 9.21 Å². The first-order chi connectivity index (χ1) is 12.2. The third kappa shape index (κ3) is 4.41. The van der Waals surface area contributed by atoms with Crippen LogP contribution in [0.3, 0.4) is 0 Å². The molecule has 0 saturated carbocycles. The number of furan rings is 1. The Morgan fingerprint density at radius 2 is 2.24 bits per heavy atom. The van der Waals surface area contributed by atoms with Crippen molar-refractivity contribution in [3.05, 3.63) is 71.7 Å². The molecule has 1 amide bonds. The van der Waals surface area contributed by atoms with Crippen LogP contribution in [0.1, 0.15) is 11.3 Å². The first kappa shape index (κ1) is 17.5. The number of amides is 1. The van der Waals surface area contributed by atoms with Gasteiger partial charge in [-0.3, -0.25) is 9.69 Å². The Kier molecular flexibility index (Phi) is 5.73. The lowest BCUT2D eigenvalue weighted by Gasteiger charge is -2.12. The zero-order valence-corrected chi connectivity index (χ0v) is 14.9. The molecule has 2 heterocycles. The molecule has 0 bridgehead atoms. The van der Waals surface area contributed by atoms with Crippen molar-refractivity contribution in [2.75, 3.05) is 6.54 Å². The van der Waals surface area contributed by atoms with E-state index >= 15 is 0 Å². The van der Waals surface area contributed by atoms with Crippen LogP contribution in [0.2, 0.25) is 5.02 Å². The van der Waals surface area contributed by atoms with Gasteiger partial charge in [0.05, 0.1) is 17.7 Å². The first-order valence-electron chi connectivity index (χ1n) is 7.65. The highest BCUT2D eigenvalue weighted by atomic mass is 35.5. The number of carbonyl (C=O) groups excluding carboxylic acids is 1. The summed E-state index contributed by atoms with van der Waals surface area (Å²) in [5.74, 6) is 0.598. The second kappa shape index (κ2) is 8.18. The fraction of sp³-hybridized carbons (Fsp3) is 0.167. The minimum absolute atomic E-state index is 0.00294. The number of amidine groups is 1. The zero-order chi connectivity index (χ0) is 17.6. The van der Waals surface area contributed by atoms with E-state index in [1.807, 2.05) is 24.3 Å². The van der Waals surface area contributed by atoms with Crippen molar-refractivity contribution in [3.8, 4) is 0 Å². The second-order valence-corrected chi connectivity index (χ2v) is 6.93. The van der Waals surface area contributed by atoms with Crippen molar-refractivity contribution in [2.24, 2.45) is 10.2 Å². The summed E-state index contributed by atoms with van der Waals surface area (Å²) < 4.78 is 5.17. The summed E-state index contributed by atoms with van der Waals surface area (Å²) >= 11 is 7.42. The average molecular weight is 374 g/mol. The average Bonchev–Trinajstić information content (AvgIpc) is 3.20. The molecule has 1 fully saturated rings. The van der Waals surface area contributed by atoms with Crippen LogP contribution in [0, 0.1) is 0 Å². The van der Waals surface area contributed by atoms with Gasteiger partial charge in [0.15, 0.2) is 5.17 Å². The number of hydrogen-bond acceptors (Lipinski definition) is 5. The predicted octanol–water partition coefficient (Wildman–Crippen LogP) is 4.00. The van der Waals surface area contributed by atoms with E-state index in [9.17, 15) is 4.79 Å². The Morgan fingerprint density at radius 1 is 1.36 bits per heavy atom. The van der Waals surface area contributed by atoms with E-state index in [-0.39, 0.29) is 11.2 Å². The topological polar surface area (TPSA) is 58.2 Å². The smallest absolute Gasteiger partial charge is 0.242 e. The highest BCUT2D eigenvalue weighted by Gasteiger charge is 2.37. The van der Waals surface area contributed by atoms with Crippen molar-refractivity contribution in [1.29, 1.82) is 0 Å². The molecule has 1 unspecified atom stereocenters. The molecule has 7 heteroatoms. The van der Waals surface area contributed by atoms with Gasteiger partial charge >= 0.3 is 0 Å². The Balaban J connectivity index is 1.76. The Morgan fingerprint density at radius 3 is 2.96 bits per heavy atom. The molecule has 1 aromatic carbocycles. The number of hydrogen-bond donors (Lipinski definition) is 0. The number of rotatable bonds is 6. The van der Waals surface area contributed by atoms with Crippen LogP contribution in [0.15, 0.2) is 69.9 Å². The highest BCUT2D eigenvalue weighted by Crippen LogP contribution is 2.30. The van der Waals surface area contributed by atoms with Gasteiger partial charge < -0.3 is 4.42 Å². The molecule has 1 aliphatic rings. The van der Waals surface area contributed by atoms with Crippen LogP contribution in [0.4, 0.5) is 0 Å². The molecular weight excluding hydrogens is 358 g/mol. The molecule has 2 aromatic rings. The summed E-state index contributed by atoms with van der Waals surface area (Å²) in [6, 6.07) is 11.1. The lowest BCUT2D eigenvalue weighted by atomic mass is 10.1. The number of nitrogens with zero attached hydrogens (tertiary/aromatic N) is 3. The fourth-order valence-corrected chi connectivity index (χ4v) is 3.75. The molecule has 0 N–H and O–H groups in total. The third-order valence-corrected chi connectivity index (χ3v) is 4.91. The molecule has 128 valence electrons. The van der Waals surface area contributed by atoms with Gasteiger partial charge in [0.1, 0.15) is 5.76 Å². The van der Waals surface area contributed by atoms with Gasteiger partial charge in [-0.2, -0.15) is 5.10 Å². The van der Waals surface area contributed by atoms with Gasteiger partial charge in [0.2, 0.25) is 5.91 Å². The van der Waals surface area contributed by atoms with E-state index in [0.717, 1.165) is 5.56 Å². The molecule has 0 aliphatic carbocycles. The summed E-state index contributed by atoms with van der Waals surface area (Å²) in [7, 11) is 0. The quantitative estimate of drug-likeness (QED) is 0.437. The van der Waals surface area contributed by atoms with Gasteiger partial charge in [0, 0.05) is 11.6 Å². The summed E-state index contributed by atoms with van der Waals surface area (Å²) in [5.41, 5.74) is 1.01. The number of carbonyl (C=O) groups is 1. The van der Waals surface area contributed by atoms with Crippen LogP contribution in [0.25, 0.3) is 0 Å². The minimum Gasteiger partial charge on any atom is -0.463 e. The maximum Gasteiger partial charge on any atom is 0.242 e. The van der Waals surface area contributed by atoms with E-state index in [2.05, 4.69) is 16.8 Å². The maximum atomic E-state index is 12.7. The summed E-state index contributed by atoms with van der Waals surface area (Å²) in [6.07, 6.45) is 5.33. The van der Waals surface area contributed by atoms with Gasteiger partial charge in [-0.15, -0.1) is 11.7 Å². The predicted molar refractivity (Wildman–Crippen MR) is 102 cm³/mol. The van der Waals surface area contributed by atoms with Crippen molar-refractivity contribution >= 4 is 40.7 Å². The lowest BCUT2D eigenvalue weighted by Crippen LogP contribution is -2.32. The summed E-state index contributed by atoms with van der Waals surface area (Å²) in [6.45, 7) is 4.10.